The summed E-state index contributed by atoms with van der Waals surface area (Å²) in [5.41, 5.74) is 2.04. The van der Waals surface area contributed by atoms with Crippen LogP contribution in [-0.2, 0) is 0 Å². The van der Waals surface area contributed by atoms with Gasteiger partial charge in [-0.2, -0.15) is 10.2 Å². The molecule has 10 heteroatoms. The number of aromatic nitrogens is 4. The second-order valence-corrected chi connectivity index (χ2v) is 6.66. The smallest absolute Gasteiger partial charge is 0.175 e. The Morgan fingerprint density at radius 2 is 1.50 bits per heavy atom. The summed E-state index contributed by atoms with van der Waals surface area (Å²) in [5.74, 6) is 0. The van der Waals surface area contributed by atoms with E-state index in [1.54, 1.807) is 12.3 Å². The number of anilines is 2. The van der Waals surface area contributed by atoms with Crippen LogP contribution in [0.2, 0.25) is 10.3 Å². The van der Waals surface area contributed by atoms with Crippen molar-refractivity contribution in [3.8, 4) is 0 Å². The molecule has 0 spiro atoms. The summed E-state index contributed by atoms with van der Waals surface area (Å²) in [6.07, 6.45) is 3.54. The molecule has 2 fully saturated rings. The van der Waals surface area contributed by atoms with Crippen LogP contribution in [0.3, 0.4) is 0 Å². The highest BCUT2D eigenvalue weighted by atomic mass is 35.5. The van der Waals surface area contributed by atoms with E-state index in [2.05, 4.69) is 40.8 Å². The summed E-state index contributed by atoms with van der Waals surface area (Å²) in [6.45, 7) is 7.98. The number of rotatable bonds is 2. The Bertz CT molecular complexity index is 675. The molecule has 2 aromatic rings. The Morgan fingerprint density at radius 1 is 0.846 bits per heavy atom. The third-order valence-electron chi connectivity index (χ3n) is 4.21. The van der Waals surface area contributed by atoms with Crippen molar-refractivity contribution in [3.63, 3.8) is 0 Å². The van der Waals surface area contributed by atoms with Gasteiger partial charge in [-0.15, -0.1) is 10.2 Å². The molecule has 0 unspecified atom stereocenters. The molecule has 0 saturated carbocycles. The molecule has 0 radical (unpaired) electrons. The van der Waals surface area contributed by atoms with Gasteiger partial charge in [-0.1, -0.05) is 23.2 Å². The van der Waals surface area contributed by atoms with Crippen molar-refractivity contribution < 1.29 is 0 Å². The Hall–Kier alpha value is -1.74. The summed E-state index contributed by atoms with van der Waals surface area (Å²) < 4.78 is 0. The summed E-state index contributed by atoms with van der Waals surface area (Å²) in [5, 5.41) is 22.4. The molecular weight excluding hydrogens is 375 g/mol. The maximum atomic E-state index is 5.94. The normalized spacial score (nSPS) is 17.5. The van der Waals surface area contributed by atoms with Crippen molar-refractivity contribution >= 4 is 34.6 Å². The summed E-state index contributed by atoms with van der Waals surface area (Å²) >= 11 is 11.7. The Labute approximate surface area is 162 Å². The predicted octanol–water partition coefficient (Wildman–Crippen LogP) is 1.08. The molecule has 8 nitrogen and oxygen atoms in total. The van der Waals surface area contributed by atoms with Gasteiger partial charge in [-0.05, 0) is 6.07 Å². The molecule has 140 valence electrons. The zero-order valence-corrected chi connectivity index (χ0v) is 15.9. The molecule has 0 aromatic carbocycles. The van der Waals surface area contributed by atoms with Gasteiger partial charge in [-0.3, -0.25) is 0 Å². The third-order valence-corrected chi connectivity index (χ3v) is 4.66. The van der Waals surface area contributed by atoms with Gasteiger partial charge in [0.25, 0.3) is 0 Å². The maximum Gasteiger partial charge on any atom is 0.175 e. The van der Waals surface area contributed by atoms with E-state index in [4.69, 9.17) is 23.2 Å². The molecule has 2 aliphatic rings. The highest BCUT2D eigenvalue weighted by molar-refractivity contribution is 6.33. The molecule has 0 bridgehead atoms. The van der Waals surface area contributed by atoms with E-state index in [9.17, 15) is 0 Å². The highest BCUT2D eigenvalue weighted by Crippen LogP contribution is 2.25. The van der Waals surface area contributed by atoms with Crippen molar-refractivity contribution in [2.24, 2.45) is 0 Å². The third kappa shape index (κ3) is 5.38. The number of halogens is 2. The van der Waals surface area contributed by atoms with Crippen molar-refractivity contribution in [1.29, 1.82) is 0 Å². The minimum absolute atomic E-state index is 0.378. The van der Waals surface area contributed by atoms with Crippen molar-refractivity contribution in [2.75, 3.05) is 62.2 Å². The monoisotopic (exact) mass is 396 g/mol. The number of hydrogen-bond acceptors (Lipinski definition) is 8. The topological polar surface area (TPSA) is 82.1 Å². The van der Waals surface area contributed by atoms with E-state index in [-0.39, 0.29) is 0 Å². The van der Waals surface area contributed by atoms with Crippen LogP contribution in [0.25, 0.3) is 0 Å². The second-order valence-electron chi connectivity index (χ2n) is 5.92. The van der Waals surface area contributed by atoms with Gasteiger partial charge in [0.15, 0.2) is 10.3 Å². The molecule has 2 aromatic heterocycles. The highest BCUT2D eigenvalue weighted by Gasteiger charge is 2.15. The van der Waals surface area contributed by atoms with Gasteiger partial charge in [0.2, 0.25) is 0 Å². The SMILES string of the molecule is Clc1cc(N2CCNCC2)c(Cl)nn1.c1cc(N2CCNCC2)cnn1. The molecule has 0 amide bonds. The van der Waals surface area contributed by atoms with Gasteiger partial charge in [0, 0.05) is 58.4 Å². The first-order chi connectivity index (χ1) is 12.7. The molecule has 2 aliphatic heterocycles. The second kappa shape index (κ2) is 9.82. The fourth-order valence-electron chi connectivity index (χ4n) is 2.87. The van der Waals surface area contributed by atoms with Crippen LogP contribution in [0.4, 0.5) is 11.4 Å². The van der Waals surface area contributed by atoms with Crippen LogP contribution in [-0.4, -0.2) is 72.8 Å². The zero-order chi connectivity index (χ0) is 18.2. The first-order valence-corrected chi connectivity index (χ1v) is 9.36. The molecule has 2 saturated heterocycles. The Balaban J connectivity index is 0.000000152. The summed E-state index contributed by atoms with van der Waals surface area (Å²) in [6, 6.07) is 3.75. The first-order valence-electron chi connectivity index (χ1n) is 8.61. The van der Waals surface area contributed by atoms with Gasteiger partial charge in [-0.25, -0.2) is 0 Å². The fourth-order valence-corrected chi connectivity index (χ4v) is 3.22. The van der Waals surface area contributed by atoms with Crippen LogP contribution >= 0.6 is 23.2 Å². The molecule has 4 heterocycles. The average molecular weight is 397 g/mol. The minimum Gasteiger partial charge on any atom is -0.368 e. The van der Waals surface area contributed by atoms with Crippen LogP contribution < -0.4 is 20.4 Å². The van der Waals surface area contributed by atoms with Crippen LogP contribution in [0, 0.1) is 0 Å². The van der Waals surface area contributed by atoms with Gasteiger partial charge in [0.1, 0.15) is 0 Å². The van der Waals surface area contributed by atoms with Crippen molar-refractivity contribution in [3.05, 3.63) is 34.8 Å². The van der Waals surface area contributed by atoms with Crippen LogP contribution in [0.15, 0.2) is 24.5 Å². The van der Waals surface area contributed by atoms with Crippen molar-refractivity contribution in [2.45, 2.75) is 0 Å². The summed E-state index contributed by atoms with van der Waals surface area (Å²) in [4.78, 5) is 4.46. The van der Waals surface area contributed by atoms with E-state index < -0.39 is 0 Å². The first kappa shape index (κ1) is 19.0. The largest absolute Gasteiger partial charge is 0.368 e. The molecule has 0 aliphatic carbocycles. The lowest BCUT2D eigenvalue weighted by Gasteiger charge is -2.29. The summed E-state index contributed by atoms with van der Waals surface area (Å²) in [7, 11) is 0. The van der Waals surface area contributed by atoms with Gasteiger partial charge < -0.3 is 20.4 Å². The lowest BCUT2D eigenvalue weighted by Crippen LogP contribution is -2.43. The minimum atomic E-state index is 0.378. The lowest BCUT2D eigenvalue weighted by molar-refractivity contribution is 0.588. The van der Waals surface area contributed by atoms with Gasteiger partial charge >= 0.3 is 0 Å². The van der Waals surface area contributed by atoms with Crippen molar-refractivity contribution in [1.82, 2.24) is 31.0 Å². The van der Waals surface area contributed by atoms with E-state index >= 15 is 0 Å². The Kier molecular flexibility index (Phi) is 7.19. The number of piperazine rings is 2. The maximum absolute atomic E-state index is 5.94. The van der Waals surface area contributed by atoms with Gasteiger partial charge in [0.05, 0.1) is 23.8 Å². The fraction of sp³-hybridized carbons (Fsp3) is 0.500. The van der Waals surface area contributed by atoms with E-state index in [0.717, 1.165) is 58.0 Å². The van der Waals surface area contributed by atoms with Crippen LogP contribution in [0.1, 0.15) is 0 Å². The molecule has 0 atom stereocenters. The van der Waals surface area contributed by atoms with Crippen LogP contribution in [0.5, 0.6) is 0 Å². The van der Waals surface area contributed by atoms with E-state index in [1.165, 1.54) is 5.69 Å². The Morgan fingerprint density at radius 3 is 2.12 bits per heavy atom. The van der Waals surface area contributed by atoms with E-state index in [1.807, 2.05) is 12.3 Å². The lowest BCUT2D eigenvalue weighted by atomic mass is 10.3. The molecule has 4 rings (SSSR count). The molecule has 26 heavy (non-hydrogen) atoms. The average Bonchev–Trinajstić information content (AvgIpc) is 2.72. The number of nitrogens with one attached hydrogen (secondary N) is 2. The predicted molar refractivity (Wildman–Crippen MR) is 104 cm³/mol. The quantitative estimate of drug-likeness (QED) is 0.779. The molecular formula is C16H22Cl2N8. The number of hydrogen-bond donors (Lipinski definition) is 2. The van der Waals surface area contributed by atoms with E-state index in [0.29, 0.717) is 10.3 Å². The zero-order valence-electron chi connectivity index (χ0n) is 14.4. The number of nitrogens with zero attached hydrogens (tertiary/aromatic N) is 6. The molecule has 2 N–H and O–H groups in total. The standard InChI is InChI=1S/C8H10Cl2N4.C8H12N4/c9-7-5-6(8(10)13-12-7)14-3-1-11-2-4-14;1-2-10-11-7-8(1)12-5-3-9-4-6-12/h5,11H,1-4H2;1-2,7,9H,3-6H2.